The smallest absolute Gasteiger partial charge is 0.142 e. The van der Waals surface area contributed by atoms with Crippen LogP contribution >= 0.6 is 11.6 Å². The fourth-order valence-corrected chi connectivity index (χ4v) is 2.78. The predicted molar refractivity (Wildman–Crippen MR) is 87.5 cm³/mol. The van der Waals surface area contributed by atoms with E-state index < -0.39 is 0 Å². The summed E-state index contributed by atoms with van der Waals surface area (Å²) in [5, 5.41) is 3.71. The molecular weight excluding hydrogens is 285 g/mol. The van der Waals surface area contributed by atoms with Crippen LogP contribution in [0.25, 0.3) is 0 Å². The van der Waals surface area contributed by atoms with E-state index in [1.54, 1.807) is 6.07 Å². The van der Waals surface area contributed by atoms with E-state index in [0.29, 0.717) is 0 Å². The van der Waals surface area contributed by atoms with E-state index in [1.165, 1.54) is 17.2 Å². The van der Waals surface area contributed by atoms with Crippen LogP contribution < -0.4 is 5.32 Å². The maximum absolute atomic E-state index is 13.6. The fraction of sp³-hybridized carbons (Fsp3) is 0.333. The molecule has 0 aliphatic rings. The van der Waals surface area contributed by atoms with Crippen LogP contribution in [0.3, 0.4) is 0 Å². The summed E-state index contributed by atoms with van der Waals surface area (Å²) in [6.07, 6.45) is 1.63. The number of nitrogens with one attached hydrogen (secondary N) is 1. The molecule has 1 atom stereocenters. The highest BCUT2D eigenvalue weighted by Gasteiger charge is 2.14. The zero-order valence-corrected chi connectivity index (χ0v) is 13.3. The lowest BCUT2D eigenvalue weighted by atomic mass is 9.96. The summed E-state index contributed by atoms with van der Waals surface area (Å²) < 4.78 is 13.6. The topological polar surface area (TPSA) is 12.0 Å². The van der Waals surface area contributed by atoms with Gasteiger partial charge in [0, 0.05) is 6.04 Å². The van der Waals surface area contributed by atoms with E-state index in [0.717, 1.165) is 24.9 Å². The average molecular weight is 306 g/mol. The second-order valence-electron chi connectivity index (χ2n) is 5.30. The molecule has 0 amide bonds. The molecule has 0 saturated carbocycles. The van der Waals surface area contributed by atoms with Gasteiger partial charge in [0.15, 0.2) is 0 Å². The first-order valence-corrected chi connectivity index (χ1v) is 7.70. The van der Waals surface area contributed by atoms with Crippen molar-refractivity contribution in [3.8, 4) is 0 Å². The summed E-state index contributed by atoms with van der Waals surface area (Å²) in [4.78, 5) is 0. The van der Waals surface area contributed by atoms with Crippen molar-refractivity contribution < 1.29 is 4.39 Å². The molecule has 0 aromatic heterocycles. The SMILES string of the molecule is CCNC(Cc1ccccc1C)Cc1cccc(F)c1Cl. The summed E-state index contributed by atoms with van der Waals surface area (Å²) in [5.74, 6) is -0.347. The van der Waals surface area contributed by atoms with Crippen LogP contribution in [0, 0.1) is 12.7 Å². The minimum Gasteiger partial charge on any atom is -0.314 e. The van der Waals surface area contributed by atoms with Gasteiger partial charge in [-0.2, -0.15) is 0 Å². The number of likely N-dealkylation sites (N-methyl/N-ethyl adjacent to an activating group) is 1. The van der Waals surface area contributed by atoms with Crippen LogP contribution in [0.15, 0.2) is 42.5 Å². The quantitative estimate of drug-likeness (QED) is 0.825. The van der Waals surface area contributed by atoms with Crippen LogP contribution in [-0.2, 0) is 12.8 Å². The van der Waals surface area contributed by atoms with Gasteiger partial charge in [-0.15, -0.1) is 0 Å². The molecule has 0 saturated heterocycles. The van der Waals surface area contributed by atoms with Crippen LogP contribution in [0.1, 0.15) is 23.6 Å². The molecule has 2 aromatic carbocycles. The normalized spacial score (nSPS) is 12.4. The molecule has 2 rings (SSSR count). The standard InChI is InChI=1S/C18H21ClFN/c1-3-21-16(11-14-8-5-4-7-13(14)2)12-15-9-6-10-17(20)18(15)19/h4-10,16,21H,3,11-12H2,1-2H3. The largest absolute Gasteiger partial charge is 0.314 e. The molecule has 21 heavy (non-hydrogen) atoms. The molecule has 2 aromatic rings. The van der Waals surface area contributed by atoms with Crippen molar-refractivity contribution in [1.29, 1.82) is 0 Å². The molecule has 112 valence electrons. The summed E-state index contributed by atoms with van der Waals surface area (Å²) in [7, 11) is 0. The Hall–Kier alpha value is -1.38. The lowest BCUT2D eigenvalue weighted by Gasteiger charge is -2.20. The highest BCUT2D eigenvalue weighted by atomic mass is 35.5. The van der Waals surface area contributed by atoms with E-state index in [2.05, 4.69) is 37.4 Å². The van der Waals surface area contributed by atoms with Crippen molar-refractivity contribution in [1.82, 2.24) is 5.32 Å². The third-order valence-corrected chi connectivity index (χ3v) is 4.14. The minimum absolute atomic E-state index is 0.241. The molecule has 0 heterocycles. The van der Waals surface area contributed by atoms with Crippen LogP contribution in [0.4, 0.5) is 4.39 Å². The van der Waals surface area contributed by atoms with Crippen molar-refractivity contribution in [3.05, 3.63) is 70.0 Å². The van der Waals surface area contributed by atoms with E-state index >= 15 is 0 Å². The Morgan fingerprint density at radius 3 is 2.43 bits per heavy atom. The molecule has 0 aliphatic heterocycles. The van der Waals surface area contributed by atoms with Gasteiger partial charge in [0.05, 0.1) is 5.02 Å². The van der Waals surface area contributed by atoms with Crippen molar-refractivity contribution in [2.45, 2.75) is 32.7 Å². The highest BCUT2D eigenvalue weighted by molar-refractivity contribution is 6.31. The van der Waals surface area contributed by atoms with Crippen LogP contribution in [0.2, 0.25) is 5.02 Å². The van der Waals surface area contributed by atoms with Gasteiger partial charge < -0.3 is 5.32 Å². The second-order valence-corrected chi connectivity index (χ2v) is 5.68. The average Bonchev–Trinajstić information content (AvgIpc) is 2.46. The summed E-state index contributed by atoms with van der Waals surface area (Å²) in [6.45, 7) is 5.08. The van der Waals surface area contributed by atoms with Gasteiger partial charge in [-0.05, 0) is 49.1 Å². The first kappa shape index (κ1) is 16.0. The minimum atomic E-state index is -0.347. The lowest BCUT2D eigenvalue weighted by molar-refractivity contribution is 0.519. The molecule has 0 radical (unpaired) electrons. The van der Waals surface area contributed by atoms with Crippen LogP contribution in [0.5, 0.6) is 0 Å². The Morgan fingerprint density at radius 1 is 1.05 bits per heavy atom. The maximum Gasteiger partial charge on any atom is 0.142 e. The molecule has 3 heteroatoms. The van der Waals surface area contributed by atoms with E-state index in [-0.39, 0.29) is 16.9 Å². The number of rotatable bonds is 6. The number of halogens is 2. The Labute approximate surface area is 131 Å². The number of aryl methyl sites for hydroxylation is 1. The molecule has 1 N–H and O–H groups in total. The number of hydrogen-bond acceptors (Lipinski definition) is 1. The van der Waals surface area contributed by atoms with Crippen molar-refractivity contribution >= 4 is 11.6 Å². The Kier molecular flexibility index (Phi) is 5.77. The molecular formula is C18H21ClFN. The summed E-state index contributed by atoms with van der Waals surface area (Å²) >= 11 is 6.07. The van der Waals surface area contributed by atoms with Crippen molar-refractivity contribution in [2.75, 3.05) is 6.54 Å². The van der Waals surface area contributed by atoms with Gasteiger partial charge in [-0.1, -0.05) is 54.9 Å². The van der Waals surface area contributed by atoms with Gasteiger partial charge in [-0.3, -0.25) is 0 Å². The zero-order valence-electron chi connectivity index (χ0n) is 12.5. The monoisotopic (exact) mass is 305 g/mol. The molecule has 0 fully saturated rings. The Bertz CT molecular complexity index is 598. The van der Waals surface area contributed by atoms with Gasteiger partial charge in [-0.25, -0.2) is 4.39 Å². The van der Waals surface area contributed by atoms with Crippen LogP contribution in [-0.4, -0.2) is 12.6 Å². The third-order valence-electron chi connectivity index (χ3n) is 3.72. The fourth-order valence-electron chi connectivity index (χ4n) is 2.58. The molecule has 0 bridgehead atoms. The first-order valence-electron chi connectivity index (χ1n) is 7.32. The zero-order chi connectivity index (χ0) is 15.2. The summed E-state index contributed by atoms with van der Waals surface area (Å²) in [6, 6.07) is 13.6. The second kappa shape index (κ2) is 7.58. The van der Waals surface area contributed by atoms with E-state index in [4.69, 9.17) is 11.6 Å². The third kappa shape index (κ3) is 4.29. The maximum atomic E-state index is 13.6. The van der Waals surface area contributed by atoms with Crippen molar-refractivity contribution in [3.63, 3.8) is 0 Å². The predicted octanol–water partition coefficient (Wildman–Crippen LogP) is 4.55. The highest BCUT2D eigenvalue weighted by Crippen LogP contribution is 2.22. The van der Waals surface area contributed by atoms with E-state index in [1.807, 2.05) is 12.1 Å². The van der Waals surface area contributed by atoms with Gasteiger partial charge in [0.25, 0.3) is 0 Å². The number of benzene rings is 2. The molecule has 0 spiro atoms. The van der Waals surface area contributed by atoms with Crippen molar-refractivity contribution in [2.24, 2.45) is 0 Å². The van der Waals surface area contributed by atoms with Gasteiger partial charge in [0.1, 0.15) is 5.82 Å². The molecule has 1 unspecified atom stereocenters. The molecule has 0 aliphatic carbocycles. The van der Waals surface area contributed by atoms with Gasteiger partial charge >= 0.3 is 0 Å². The summed E-state index contributed by atoms with van der Waals surface area (Å²) in [5.41, 5.74) is 3.46. The Balaban J connectivity index is 2.16. The Morgan fingerprint density at radius 2 is 1.71 bits per heavy atom. The lowest BCUT2D eigenvalue weighted by Crippen LogP contribution is -2.33. The molecule has 1 nitrogen and oxygen atoms in total. The van der Waals surface area contributed by atoms with Gasteiger partial charge in [0.2, 0.25) is 0 Å². The van der Waals surface area contributed by atoms with E-state index in [9.17, 15) is 4.39 Å². The first-order chi connectivity index (χ1) is 10.1. The number of hydrogen-bond donors (Lipinski definition) is 1.